The molecule has 2 rings (SSSR count). The summed E-state index contributed by atoms with van der Waals surface area (Å²) in [4.78, 5) is 10.3. The molecule has 0 aliphatic rings. The molecule has 0 heterocycles. The second-order valence-electron chi connectivity index (χ2n) is 6.34. The minimum absolute atomic E-state index is 0.415. The molecule has 0 fully saturated rings. The van der Waals surface area contributed by atoms with Crippen LogP contribution in [0.2, 0.25) is 0 Å². The first-order chi connectivity index (χ1) is 12.6. The van der Waals surface area contributed by atoms with Gasteiger partial charge in [0.1, 0.15) is 5.75 Å². The lowest BCUT2D eigenvalue weighted by Gasteiger charge is -2.13. The lowest BCUT2D eigenvalue weighted by molar-refractivity contribution is 0.194. The molecule has 0 bridgehead atoms. The van der Waals surface area contributed by atoms with Crippen LogP contribution >= 0.6 is 0 Å². The molecule has 0 saturated carbocycles. The molecule has 0 aliphatic heterocycles. The highest BCUT2D eigenvalue weighted by molar-refractivity contribution is 5.64. The van der Waals surface area contributed by atoms with Gasteiger partial charge in [0.2, 0.25) is 0 Å². The predicted octanol–water partition coefficient (Wildman–Crippen LogP) is 3.66. The van der Waals surface area contributed by atoms with Crippen molar-refractivity contribution in [2.24, 2.45) is 0 Å². The van der Waals surface area contributed by atoms with Crippen molar-refractivity contribution < 1.29 is 14.6 Å². The molecule has 5 heteroatoms. The zero-order valence-corrected chi connectivity index (χ0v) is 15.3. The number of rotatable bonds is 11. The largest absolute Gasteiger partial charge is 0.494 e. The van der Waals surface area contributed by atoms with Gasteiger partial charge in [0.25, 0.3) is 0 Å². The number of hydrogen-bond acceptors (Lipinski definition) is 3. The van der Waals surface area contributed by atoms with E-state index in [1.165, 1.54) is 11.1 Å². The standard InChI is InChI=1S/C21H28N2O3/c1-17(16-18-6-3-2-4-7-18)19-8-10-20(11-9-19)26-15-5-12-22-13-14-23-21(24)25/h2-4,6-11,17,22-23H,5,12-16H2,1H3,(H,24,25). The van der Waals surface area contributed by atoms with Crippen molar-refractivity contribution in [3.8, 4) is 5.75 Å². The molecule has 26 heavy (non-hydrogen) atoms. The summed E-state index contributed by atoms with van der Waals surface area (Å²) < 4.78 is 5.75. The third-order valence-corrected chi connectivity index (χ3v) is 4.18. The fraction of sp³-hybridized carbons (Fsp3) is 0.381. The van der Waals surface area contributed by atoms with Gasteiger partial charge < -0.3 is 20.5 Å². The predicted molar refractivity (Wildman–Crippen MR) is 104 cm³/mol. The van der Waals surface area contributed by atoms with Gasteiger partial charge in [-0.15, -0.1) is 0 Å². The highest BCUT2D eigenvalue weighted by atomic mass is 16.5. The van der Waals surface area contributed by atoms with E-state index >= 15 is 0 Å². The zero-order chi connectivity index (χ0) is 18.6. The van der Waals surface area contributed by atoms with Crippen molar-refractivity contribution in [1.82, 2.24) is 10.6 Å². The summed E-state index contributed by atoms with van der Waals surface area (Å²) in [5, 5.41) is 13.9. The summed E-state index contributed by atoms with van der Waals surface area (Å²) in [6.45, 7) is 4.72. The number of amides is 1. The lowest BCUT2D eigenvalue weighted by Crippen LogP contribution is -2.31. The molecule has 2 aromatic rings. The Labute approximate surface area is 155 Å². The molecule has 0 saturated heterocycles. The number of hydrogen-bond donors (Lipinski definition) is 3. The van der Waals surface area contributed by atoms with Crippen LogP contribution in [0.1, 0.15) is 30.4 Å². The van der Waals surface area contributed by atoms with E-state index in [0.29, 0.717) is 25.6 Å². The van der Waals surface area contributed by atoms with Crippen molar-refractivity contribution in [1.29, 1.82) is 0 Å². The number of ether oxygens (including phenoxy) is 1. The molecule has 0 radical (unpaired) electrons. The Balaban J connectivity index is 1.63. The van der Waals surface area contributed by atoms with Crippen LogP contribution < -0.4 is 15.4 Å². The summed E-state index contributed by atoms with van der Waals surface area (Å²) in [6.07, 6.45) is 0.916. The maximum absolute atomic E-state index is 10.3. The summed E-state index contributed by atoms with van der Waals surface area (Å²) in [7, 11) is 0. The molecule has 1 amide bonds. The number of carboxylic acid groups (broad SMARTS) is 1. The minimum Gasteiger partial charge on any atom is -0.494 e. The second kappa shape index (κ2) is 11.2. The fourth-order valence-electron chi connectivity index (χ4n) is 2.75. The highest BCUT2D eigenvalue weighted by Gasteiger charge is 2.07. The quantitative estimate of drug-likeness (QED) is 0.537. The minimum atomic E-state index is -0.989. The van der Waals surface area contributed by atoms with Crippen LogP contribution in [-0.4, -0.2) is 37.4 Å². The molecule has 140 valence electrons. The summed E-state index contributed by atoms with van der Waals surface area (Å²) in [6, 6.07) is 18.9. The maximum atomic E-state index is 10.3. The average Bonchev–Trinajstić information content (AvgIpc) is 2.65. The summed E-state index contributed by atoms with van der Waals surface area (Å²) in [5.74, 6) is 1.35. The van der Waals surface area contributed by atoms with E-state index in [1.54, 1.807) is 0 Å². The van der Waals surface area contributed by atoms with Crippen LogP contribution in [0.4, 0.5) is 4.79 Å². The molecule has 0 aromatic heterocycles. The van der Waals surface area contributed by atoms with Crippen molar-refractivity contribution in [3.63, 3.8) is 0 Å². The first kappa shape index (κ1) is 19.8. The van der Waals surface area contributed by atoms with E-state index in [-0.39, 0.29) is 0 Å². The smallest absolute Gasteiger partial charge is 0.404 e. The zero-order valence-electron chi connectivity index (χ0n) is 15.3. The second-order valence-corrected chi connectivity index (χ2v) is 6.34. The Hall–Kier alpha value is -2.53. The van der Waals surface area contributed by atoms with Crippen LogP contribution in [0.3, 0.4) is 0 Å². The molecule has 2 aromatic carbocycles. The van der Waals surface area contributed by atoms with Gasteiger partial charge in [0.15, 0.2) is 0 Å². The average molecular weight is 356 g/mol. The Kier molecular flexibility index (Phi) is 8.49. The van der Waals surface area contributed by atoms with Crippen LogP contribution in [0, 0.1) is 0 Å². The fourth-order valence-corrected chi connectivity index (χ4v) is 2.75. The topological polar surface area (TPSA) is 70.6 Å². The third kappa shape index (κ3) is 7.57. The van der Waals surface area contributed by atoms with E-state index in [0.717, 1.165) is 25.1 Å². The van der Waals surface area contributed by atoms with Crippen LogP contribution in [0.15, 0.2) is 54.6 Å². The van der Waals surface area contributed by atoms with Gasteiger partial charge in [-0.1, -0.05) is 49.4 Å². The SMILES string of the molecule is CC(Cc1ccccc1)c1ccc(OCCCNCCNC(=O)O)cc1. The van der Waals surface area contributed by atoms with Gasteiger partial charge >= 0.3 is 6.09 Å². The molecule has 1 atom stereocenters. The Morgan fingerprint density at radius 3 is 2.46 bits per heavy atom. The van der Waals surface area contributed by atoms with Gasteiger partial charge in [0, 0.05) is 13.1 Å². The van der Waals surface area contributed by atoms with Gasteiger partial charge in [-0.3, -0.25) is 0 Å². The molecular formula is C21H28N2O3. The van der Waals surface area contributed by atoms with E-state index in [9.17, 15) is 4.79 Å². The molecule has 5 nitrogen and oxygen atoms in total. The monoisotopic (exact) mass is 356 g/mol. The Morgan fingerprint density at radius 1 is 1.04 bits per heavy atom. The molecule has 0 spiro atoms. The summed E-state index contributed by atoms with van der Waals surface area (Å²) in [5.41, 5.74) is 2.67. The van der Waals surface area contributed by atoms with Gasteiger partial charge in [-0.2, -0.15) is 0 Å². The van der Waals surface area contributed by atoms with Crippen molar-refractivity contribution in [2.75, 3.05) is 26.2 Å². The van der Waals surface area contributed by atoms with Crippen molar-refractivity contribution in [2.45, 2.75) is 25.7 Å². The molecule has 1 unspecified atom stereocenters. The number of nitrogens with one attached hydrogen (secondary N) is 2. The van der Waals surface area contributed by atoms with Crippen molar-refractivity contribution in [3.05, 3.63) is 65.7 Å². The Bertz CT molecular complexity index is 644. The lowest BCUT2D eigenvalue weighted by atomic mass is 9.94. The number of carbonyl (C=O) groups is 1. The van der Waals surface area contributed by atoms with E-state index in [4.69, 9.17) is 9.84 Å². The normalized spacial score (nSPS) is 11.7. The molecular weight excluding hydrogens is 328 g/mol. The van der Waals surface area contributed by atoms with Crippen LogP contribution in [0.5, 0.6) is 5.75 Å². The first-order valence-corrected chi connectivity index (χ1v) is 9.09. The van der Waals surface area contributed by atoms with Gasteiger partial charge in [-0.05, 0) is 48.6 Å². The summed E-state index contributed by atoms with van der Waals surface area (Å²) >= 11 is 0. The van der Waals surface area contributed by atoms with Gasteiger partial charge in [-0.25, -0.2) is 4.79 Å². The van der Waals surface area contributed by atoms with Crippen molar-refractivity contribution >= 4 is 6.09 Å². The molecule has 3 N–H and O–H groups in total. The third-order valence-electron chi connectivity index (χ3n) is 4.18. The van der Waals surface area contributed by atoms with Gasteiger partial charge in [0.05, 0.1) is 6.61 Å². The van der Waals surface area contributed by atoms with Crippen LogP contribution in [0.25, 0.3) is 0 Å². The number of benzene rings is 2. The van der Waals surface area contributed by atoms with E-state index < -0.39 is 6.09 Å². The first-order valence-electron chi connectivity index (χ1n) is 9.09. The van der Waals surface area contributed by atoms with Crippen LogP contribution in [-0.2, 0) is 6.42 Å². The highest BCUT2D eigenvalue weighted by Crippen LogP contribution is 2.22. The van der Waals surface area contributed by atoms with E-state index in [2.05, 4.69) is 54.0 Å². The van der Waals surface area contributed by atoms with E-state index in [1.807, 2.05) is 18.2 Å². The Morgan fingerprint density at radius 2 is 1.77 bits per heavy atom. The molecule has 0 aliphatic carbocycles. The maximum Gasteiger partial charge on any atom is 0.404 e.